The summed E-state index contributed by atoms with van der Waals surface area (Å²) in [4.78, 5) is 2.09. The van der Waals surface area contributed by atoms with Gasteiger partial charge in [-0.1, -0.05) is 12.2 Å². The fourth-order valence-electron chi connectivity index (χ4n) is 1.49. The fourth-order valence-corrected chi connectivity index (χ4v) is 1.49. The van der Waals surface area contributed by atoms with E-state index >= 15 is 0 Å². The topological polar surface area (TPSA) is 29.3 Å². The van der Waals surface area contributed by atoms with E-state index in [0.29, 0.717) is 5.69 Å². The molecule has 13 heavy (non-hydrogen) atoms. The Hall–Kier alpha value is -1.51. The summed E-state index contributed by atoms with van der Waals surface area (Å²) in [6.45, 7) is 1.71. The van der Waals surface area contributed by atoms with Gasteiger partial charge >= 0.3 is 0 Å². The Morgan fingerprint density at radius 2 is 1.92 bits per heavy atom. The minimum atomic E-state index is -0.284. The van der Waals surface area contributed by atoms with Crippen molar-refractivity contribution in [2.24, 2.45) is 0 Å². The summed E-state index contributed by atoms with van der Waals surface area (Å²) in [7, 11) is 0. The maximum atomic E-state index is 12.7. The number of anilines is 2. The van der Waals surface area contributed by atoms with Gasteiger partial charge in [0.1, 0.15) is 5.82 Å². The van der Waals surface area contributed by atoms with E-state index in [1.54, 1.807) is 6.07 Å². The third-order valence-corrected chi connectivity index (χ3v) is 2.15. The molecule has 0 bridgehead atoms. The molecule has 1 aromatic carbocycles. The molecular weight excluding hydrogens is 167 g/mol. The van der Waals surface area contributed by atoms with Gasteiger partial charge in [-0.05, 0) is 18.2 Å². The SMILES string of the molecule is Nc1cc(F)ccc1N1CC=CC1. The number of nitrogen functional groups attached to an aromatic ring is 1. The highest BCUT2D eigenvalue weighted by Gasteiger charge is 2.10. The minimum absolute atomic E-state index is 0.284. The Kier molecular flexibility index (Phi) is 1.93. The second-order valence-electron chi connectivity index (χ2n) is 3.08. The van der Waals surface area contributed by atoms with Crippen molar-refractivity contribution in [2.75, 3.05) is 23.7 Å². The number of rotatable bonds is 1. The van der Waals surface area contributed by atoms with Crippen molar-refractivity contribution in [1.29, 1.82) is 0 Å². The largest absolute Gasteiger partial charge is 0.397 e. The zero-order chi connectivity index (χ0) is 9.26. The van der Waals surface area contributed by atoms with Crippen molar-refractivity contribution >= 4 is 11.4 Å². The van der Waals surface area contributed by atoms with Crippen LogP contribution in [0.5, 0.6) is 0 Å². The molecule has 0 spiro atoms. The highest BCUT2D eigenvalue weighted by Crippen LogP contribution is 2.25. The molecule has 0 saturated heterocycles. The van der Waals surface area contributed by atoms with Gasteiger partial charge in [0, 0.05) is 13.1 Å². The van der Waals surface area contributed by atoms with Crippen LogP contribution in [0.25, 0.3) is 0 Å². The summed E-state index contributed by atoms with van der Waals surface area (Å²) in [6, 6.07) is 4.51. The number of nitrogens with two attached hydrogens (primary N) is 1. The third-order valence-electron chi connectivity index (χ3n) is 2.15. The van der Waals surface area contributed by atoms with Crippen molar-refractivity contribution < 1.29 is 4.39 Å². The number of nitrogens with zero attached hydrogens (tertiary/aromatic N) is 1. The maximum Gasteiger partial charge on any atom is 0.125 e. The predicted octanol–water partition coefficient (Wildman–Crippen LogP) is 1.78. The molecule has 0 aromatic heterocycles. The van der Waals surface area contributed by atoms with E-state index in [0.717, 1.165) is 18.8 Å². The highest BCUT2D eigenvalue weighted by atomic mass is 19.1. The first kappa shape index (κ1) is 8.10. The van der Waals surface area contributed by atoms with Crippen molar-refractivity contribution in [3.63, 3.8) is 0 Å². The van der Waals surface area contributed by atoms with E-state index in [4.69, 9.17) is 5.73 Å². The van der Waals surface area contributed by atoms with Crippen LogP contribution in [0, 0.1) is 5.82 Å². The lowest BCUT2D eigenvalue weighted by atomic mass is 10.2. The second kappa shape index (κ2) is 3.09. The van der Waals surface area contributed by atoms with Gasteiger partial charge in [0.2, 0.25) is 0 Å². The zero-order valence-corrected chi connectivity index (χ0v) is 7.20. The van der Waals surface area contributed by atoms with E-state index in [-0.39, 0.29) is 5.82 Å². The number of hydrogen-bond donors (Lipinski definition) is 1. The summed E-state index contributed by atoms with van der Waals surface area (Å²) in [5.41, 5.74) is 7.10. The molecule has 0 aliphatic carbocycles. The molecule has 2 N–H and O–H groups in total. The average Bonchev–Trinajstić information content (AvgIpc) is 2.56. The van der Waals surface area contributed by atoms with Crippen LogP contribution in [0.15, 0.2) is 30.4 Å². The Balaban J connectivity index is 2.30. The standard InChI is InChI=1S/C10H11FN2/c11-8-3-4-10(9(12)7-8)13-5-1-2-6-13/h1-4,7H,5-6,12H2. The number of hydrogen-bond acceptors (Lipinski definition) is 2. The van der Waals surface area contributed by atoms with Crippen molar-refractivity contribution in [1.82, 2.24) is 0 Å². The average molecular weight is 178 g/mol. The number of halogens is 1. The van der Waals surface area contributed by atoms with E-state index < -0.39 is 0 Å². The molecule has 0 unspecified atom stereocenters. The second-order valence-corrected chi connectivity index (χ2v) is 3.08. The summed E-state index contributed by atoms with van der Waals surface area (Å²) in [6.07, 6.45) is 4.14. The van der Waals surface area contributed by atoms with Crippen LogP contribution in [0.1, 0.15) is 0 Å². The predicted molar refractivity (Wildman–Crippen MR) is 52.2 cm³/mol. The van der Waals surface area contributed by atoms with Crippen LogP contribution in [0.2, 0.25) is 0 Å². The summed E-state index contributed by atoms with van der Waals surface area (Å²) in [5.74, 6) is -0.284. The quantitative estimate of drug-likeness (QED) is 0.524. The molecule has 0 fully saturated rings. The van der Waals surface area contributed by atoms with Crippen LogP contribution in [-0.2, 0) is 0 Å². The van der Waals surface area contributed by atoms with Crippen molar-refractivity contribution in [3.05, 3.63) is 36.2 Å². The summed E-state index contributed by atoms with van der Waals surface area (Å²) < 4.78 is 12.7. The van der Waals surface area contributed by atoms with Gasteiger partial charge in [-0.25, -0.2) is 4.39 Å². The van der Waals surface area contributed by atoms with Crippen molar-refractivity contribution in [3.8, 4) is 0 Å². The molecule has 1 aliphatic rings. The minimum Gasteiger partial charge on any atom is -0.397 e. The van der Waals surface area contributed by atoms with Crippen molar-refractivity contribution in [2.45, 2.75) is 0 Å². The molecule has 0 radical (unpaired) electrons. The van der Waals surface area contributed by atoms with Gasteiger partial charge in [0.05, 0.1) is 11.4 Å². The lowest BCUT2D eigenvalue weighted by Gasteiger charge is -2.19. The summed E-state index contributed by atoms with van der Waals surface area (Å²) >= 11 is 0. The van der Waals surface area contributed by atoms with Crippen LogP contribution in [-0.4, -0.2) is 13.1 Å². The van der Waals surface area contributed by atoms with Gasteiger partial charge < -0.3 is 10.6 Å². The Labute approximate surface area is 76.5 Å². The Morgan fingerprint density at radius 1 is 1.23 bits per heavy atom. The third kappa shape index (κ3) is 1.49. The van der Waals surface area contributed by atoms with Gasteiger partial charge in [-0.2, -0.15) is 0 Å². The van der Waals surface area contributed by atoms with Crippen LogP contribution in [0.4, 0.5) is 15.8 Å². The Bertz CT molecular complexity index is 339. The zero-order valence-electron chi connectivity index (χ0n) is 7.20. The first-order chi connectivity index (χ1) is 6.27. The normalized spacial score (nSPS) is 15.3. The molecule has 0 atom stereocenters. The molecule has 68 valence electrons. The summed E-state index contributed by atoms with van der Waals surface area (Å²) in [5, 5.41) is 0. The lowest BCUT2D eigenvalue weighted by Crippen LogP contribution is -2.19. The smallest absolute Gasteiger partial charge is 0.125 e. The monoisotopic (exact) mass is 178 g/mol. The van der Waals surface area contributed by atoms with Crippen LogP contribution < -0.4 is 10.6 Å². The van der Waals surface area contributed by atoms with Gasteiger partial charge in [-0.15, -0.1) is 0 Å². The fraction of sp³-hybridized carbons (Fsp3) is 0.200. The van der Waals surface area contributed by atoms with E-state index in [9.17, 15) is 4.39 Å². The first-order valence-electron chi connectivity index (χ1n) is 4.22. The molecule has 3 heteroatoms. The molecule has 0 amide bonds. The van der Waals surface area contributed by atoms with Gasteiger partial charge in [-0.3, -0.25) is 0 Å². The molecule has 2 rings (SSSR count). The Morgan fingerprint density at radius 3 is 2.54 bits per heavy atom. The molecule has 1 aromatic rings. The lowest BCUT2D eigenvalue weighted by molar-refractivity contribution is 0.628. The van der Waals surface area contributed by atoms with E-state index in [1.165, 1.54) is 12.1 Å². The van der Waals surface area contributed by atoms with Gasteiger partial charge in [0.25, 0.3) is 0 Å². The molecule has 0 saturated carbocycles. The maximum absolute atomic E-state index is 12.7. The molecule has 1 heterocycles. The van der Waals surface area contributed by atoms with Crippen LogP contribution in [0.3, 0.4) is 0 Å². The molecule has 2 nitrogen and oxygen atoms in total. The van der Waals surface area contributed by atoms with Crippen LogP contribution >= 0.6 is 0 Å². The van der Waals surface area contributed by atoms with E-state index in [2.05, 4.69) is 17.1 Å². The number of benzene rings is 1. The highest BCUT2D eigenvalue weighted by molar-refractivity contribution is 5.68. The molecule has 1 aliphatic heterocycles. The van der Waals surface area contributed by atoms with Gasteiger partial charge in [0.15, 0.2) is 0 Å². The first-order valence-corrected chi connectivity index (χ1v) is 4.22. The van der Waals surface area contributed by atoms with E-state index in [1.807, 2.05) is 0 Å². The molecular formula is C10H11FN2.